The first-order valence-electron chi connectivity index (χ1n) is 15.3. The summed E-state index contributed by atoms with van der Waals surface area (Å²) in [6.07, 6.45) is 1.83. The molecule has 3 aromatic rings. The molecule has 1 saturated carbocycles. The van der Waals surface area contributed by atoms with Gasteiger partial charge in [-0.2, -0.15) is 0 Å². The third-order valence-electron chi connectivity index (χ3n) is 10.2. The minimum Gasteiger partial charge on any atom is -0.508 e. The number of aromatic hydroxyl groups is 3. The van der Waals surface area contributed by atoms with Crippen molar-refractivity contribution >= 4 is 46.9 Å². The van der Waals surface area contributed by atoms with E-state index >= 15 is 0 Å². The highest BCUT2D eigenvalue weighted by Crippen LogP contribution is 2.59. The summed E-state index contributed by atoms with van der Waals surface area (Å²) < 4.78 is 5.40. The predicted molar refractivity (Wildman–Crippen MR) is 167 cm³/mol. The predicted octanol–water partition coefficient (Wildman–Crippen LogP) is 3.25. The van der Waals surface area contributed by atoms with Gasteiger partial charge in [0, 0.05) is 23.6 Å². The number of phenolic OH excluding ortho intramolecular Hbond substituents is 1. The number of rotatable bonds is 6. The summed E-state index contributed by atoms with van der Waals surface area (Å²) in [4.78, 5) is 81.1. The number of aromatic carboxylic acids is 2. The average molecular weight is 669 g/mol. The van der Waals surface area contributed by atoms with Gasteiger partial charge in [0.1, 0.15) is 34.1 Å². The number of ether oxygens (including phenoxy) is 1. The maximum atomic E-state index is 14.3. The lowest BCUT2D eigenvalue weighted by atomic mass is 9.57. The zero-order valence-electron chi connectivity index (χ0n) is 25.6. The Kier molecular flexibility index (Phi) is 7.19. The zero-order valence-corrected chi connectivity index (χ0v) is 25.6. The Bertz CT molecular complexity index is 2050. The fraction of sp³-hybridized carbons (Fsp3) is 0.257. The minimum atomic E-state index is -1.41. The van der Waals surface area contributed by atoms with E-state index in [0.29, 0.717) is 11.3 Å². The summed E-state index contributed by atoms with van der Waals surface area (Å²) in [5.41, 5.74) is -0.0842. The number of carbonyl (C=O) groups excluding carboxylic acids is 4. The van der Waals surface area contributed by atoms with E-state index in [1.807, 2.05) is 0 Å². The summed E-state index contributed by atoms with van der Waals surface area (Å²) >= 11 is 0. The fourth-order valence-corrected chi connectivity index (χ4v) is 8.03. The molecule has 0 unspecified atom stereocenters. The maximum absolute atomic E-state index is 14.3. The van der Waals surface area contributed by atoms with E-state index in [1.54, 1.807) is 12.1 Å². The van der Waals surface area contributed by atoms with Crippen LogP contribution in [-0.2, 0) is 19.2 Å². The summed E-state index contributed by atoms with van der Waals surface area (Å²) in [6.45, 7) is 0. The Labute approximate surface area is 277 Å². The van der Waals surface area contributed by atoms with E-state index in [2.05, 4.69) is 0 Å². The normalized spacial score (nSPS) is 25.9. The standard InChI is InChI=1S/C35H28N2O12/c1-49-16-4-9-24(38)22(12-16)27-17-7-8-20-28(32(43)36(30(20)41)14-2-5-18(34(45)46)25(39)10-14)21(17)13-23-29(27)33(44)37(31(23)42)15-3-6-19(35(47)48)26(40)11-15/h2-7,9-12,20-21,23,27-29,38-40H,8,13H2,1H3,(H,45,46)(H,47,48)/t20-,21+,23+,27+,28-,29+/m0/s1. The molecule has 7 rings (SSSR count). The Balaban J connectivity index is 1.33. The second-order valence-corrected chi connectivity index (χ2v) is 12.5. The number of hydrogen-bond acceptors (Lipinski definition) is 10. The summed E-state index contributed by atoms with van der Waals surface area (Å²) in [6, 6.07) is 11.1. The van der Waals surface area contributed by atoms with Gasteiger partial charge in [-0.25, -0.2) is 19.4 Å². The van der Waals surface area contributed by atoms with Crippen molar-refractivity contribution in [3.8, 4) is 23.0 Å². The Hall–Kier alpha value is -6.18. The van der Waals surface area contributed by atoms with Crippen molar-refractivity contribution in [2.75, 3.05) is 16.9 Å². The first-order chi connectivity index (χ1) is 23.3. The van der Waals surface area contributed by atoms with Crippen LogP contribution in [0.1, 0.15) is 45.0 Å². The first-order valence-corrected chi connectivity index (χ1v) is 15.3. The van der Waals surface area contributed by atoms with Crippen LogP contribution in [0.3, 0.4) is 0 Å². The Morgan fingerprint density at radius 1 is 0.673 bits per heavy atom. The van der Waals surface area contributed by atoms with Gasteiger partial charge >= 0.3 is 11.9 Å². The number of anilines is 2. The molecule has 6 atom stereocenters. The summed E-state index contributed by atoms with van der Waals surface area (Å²) in [5.74, 6) is -12.1. The second kappa shape index (κ2) is 11.2. The highest BCUT2D eigenvalue weighted by Gasteiger charge is 2.62. The smallest absolute Gasteiger partial charge is 0.339 e. The molecule has 0 spiro atoms. The molecule has 2 heterocycles. The van der Waals surface area contributed by atoms with Gasteiger partial charge in [0.15, 0.2) is 0 Å². The molecule has 14 nitrogen and oxygen atoms in total. The van der Waals surface area contributed by atoms with E-state index in [4.69, 9.17) is 4.74 Å². The molecule has 14 heteroatoms. The van der Waals surface area contributed by atoms with Crippen molar-refractivity contribution in [1.82, 2.24) is 0 Å². The number of imide groups is 2. The van der Waals surface area contributed by atoms with Gasteiger partial charge in [-0.3, -0.25) is 19.2 Å². The average Bonchev–Trinajstić information content (AvgIpc) is 3.47. The van der Waals surface area contributed by atoms with E-state index in [-0.39, 0.29) is 35.5 Å². The number of benzene rings is 3. The maximum Gasteiger partial charge on any atom is 0.339 e. The lowest BCUT2D eigenvalue weighted by Gasteiger charge is -2.44. The molecule has 4 aliphatic rings. The van der Waals surface area contributed by atoms with Crippen LogP contribution in [0, 0.1) is 29.6 Å². The number of nitrogens with zero attached hydrogens (tertiary/aromatic N) is 2. The number of allylic oxidation sites excluding steroid dienone is 2. The Morgan fingerprint density at radius 3 is 1.76 bits per heavy atom. The van der Waals surface area contributed by atoms with Crippen molar-refractivity contribution < 1.29 is 59.0 Å². The van der Waals surface area contributed by atoms with Gasteiger partial charge in [0.25, 0.3) is 0 Å². The van der Waals surface area contributed by atoms with E-state index in [9.17, 15) is 54.3 Å². The molecule has 4 amide bonds. The molecular weight excluding hydrogens is 640 g/mol. The van der Waals surface area contributed by atoms with Gasteiger partial charge < -0.3 is 30.3 Å². The van der Waals surface area contributed by atoms with Crippen LogP contribution in [0.5, 0.6) is 23.0 Å². The molecule has 2 aliphatic carbocycles. The van der Waals surface area contributed by atoms with Crippen LogP contribution in [-0.4, -0.2) is 68.2 Å². The third-order valence-corrected chi connectivity index (χ3v) is 10.2. The van der Waals surface area contributed by atoms with Gasteiger partial charge in [-0.15, -0.1) is 0 Å². The van der Waals surface area contributed by atoms with Crippen molar-refractivity contribution in [2.45, 2.75) is 18.8 Å². The lowest BCUT2D eigenvalue weighted by Crippen LogP contribution is -2.43. The molecule has 0 bridgehead atoms. The van der Waals surface area contributed by atoms with Crippen LogP contribution in [0.25, 0.3) is 0 Å². The number of amides is 4. The number of carboxylic acid groups (broad SMARTS) is 2. The van der Waals surface area contributed by atoms with Crippen molar-refractivity contribution in [3.63, 3.8) is 0 Å². The van der Waals surface area contributed by atoms with Crippen LogP contribution in [0.2, 0.25) is 0 Å². The van der Waals surface area contributed by atoms with Crippen molar-refractivity contribution in [1.29, 1.82) is 0 Å². The van der Waals surface area contributed by atoms with Gasteiger partial charge in [0.05, 0.1) is 42.2 Å². The lowest BCUT2D eigenvalue weighted by molar-refractivity contribution is -0.126. The monoisotopic (exact) mass is 668 g/mol. The highest BCUT2D eigenvalue weighted by atomic mass is 16.5. The van der Waals surface area contributed by atoms with Gasteiger partial charge in [-0.05, 0) is 61.2 Å². The third kappa shape index (κ3) is 4.62. The molecule has 0 radical (unpaired) electrons. The zero-order chi connectivity index (χ0) is 35.0. The number of methoxy groups -OCH3 is 1. The molecular formula is C35H28N2O12. The number of hydrogen-bond donors (Lipinski definition) is 5. The minimum absolute atomic E-state index is 0.0186. The fourth-order valence-electron chi connectivity index (χ4n) is 8.03. The van der Waals surface area contributed by atoms with Crippen LogP contribution in [0.15, 0.2) is 66.2 Å². The topological polar surface area (TPSA) is 219 Å². The number of phenols is 3. The van der Waals surface area contributed by atoms with E-state index in [0.717, 1.165) is 34.1 Å². The van der Waals surface area contributed by atoms with Crippen LogP contribution >= 0.6 is 0 Å². The molecule has 250 valence electrons. The quantitative estimate of drug-likeness (QED) is 0.189. The first kappa shape index (κ1) is 31.4. The van der Waals surface area contributed by atoms with Gasteiger partial charge in [0.2, 0.25) is 23.6 Å². The number of fused-ring (bicyclic) bond motifs is 4. The van der Waals surface area contributed by atoms with Gasteiger partial charge in [-0.1, -0.05) is 11.6 Å². The van der Waals surface area contributed by atoms with E-state index in [1.165, 1.54) is 31.4 Å². The molecule has 5 N–H and O–H groups in total. The molecule has 49 heavy (non-hydrogen) atoms. The summed E-state index contributed by atoms with van der Waals surface area (Å²) in [5, 5.41) is 50.5. The second-order valence-electron chi connectivity index (χ2n) is 12.5. The molecule has 3 aromatic carbocycles. The Morgan fingerprint density at radius 2 is 1.22 bits per heavy atom. The van der Waals surface area contributed by atoms with Crippen molar-refractivity contribution in [3.05, 3.63) is 82.9 Å². The van der Waals surface area contributed by atoms with E-state index < -0.39 is 93.7 Å². The number of carboxylic acids is 2. The van der Waals surface area contributed by atoms with Crippen LogP contribution < -0.4 is 14.5 Å². The molecule has 0 aromatic heterocycles. The van der Waals surface area contributed by atoms with Crippen molar-refractivity contribution in [2.24, 2.45) is 29.6 Å². The summed E-state index contributed by atoms with van der Waals surface area (Å²) in [7, 11) is 1.42. The molecule has 2 aliphatic heterocycles. The largest absolute Gasteiger partial charge is 0.508 e. The number of carbonyl (C=O) groups is 6. The molecule has 3 fully saturated rings. The highest BCUT2D eigenvalue weighted by molar-refractivity contribution is 6.24. The SMILES string of the molecule is COc1ccc(O)c([C@H]2C3=CC[C@@H]4C(=O)N(c5ccc(C(=O)O)c(O)c5)C(=O)[C@@H]4[C@@H]3C[C@H]3C(=O)N(c4ccc(C(=O)O)c(O)c4)C(=O)[C@@H]23)c1. The van der Waals surface area contributed by atoms with Crippen LogP contribution in [0.4, 0.5) is 11.4 Å². The molecule has 2 saturated heterocycles.